The van der Waals surface area contributed by atoms with Gasteiger partial charge >= 0.3 is 0 Å². The fourth-order valence-corrected chi connectivity index (χ4v) is 6.07. The van der Waals surface area contributed by atoms with Crippen molar-refractivity contribution >= 4 is 22.4 Å². The third kappa shape index (κ3) is 1.79. The van der Waals surface area contributed by atoms with Crippen molar-refractivity contribution in [1.29, 1.82) is 0 Å². The highest BCUT2D eigenvalue weighted by Crippen LogP contribution is 2.63. The minimum absolute atomic E-state index is 0.316. The molecule has 0 saturated heterocycles. The molecule has 0 aromatic heterocycles. The number of rotatable bonds is 0. The van der Waals surface area contributed by atoms with Crippen LogP contribution in [-0.2, 0) is 5.41 Å². The maximum absolute atomic E-state index is 6.53. The van der Waals surface area contributed by atoms with Crippen molar-refractivity contribution in [2.24, 2.45) is 0 Å². The van der Waals surface area contributed by atoms with Gasteiger partial charge in [0, 0.05) is 5.02 Å². The molecule has 5 aromatic carbocycles. The van der Waals surface area contributed by atoms with Gasteiger partial charge in [-0.15, -0.1) is 0 Å². The topological polar surface area (TPSA) is 0 Å². The lowest BCUT2D eigenvalue weighted by Crippen LogP contribution is -2.26. The van der Waals surface area contributed by atoms with Gasteiger partial charge in [-0.2, -0.15) is 0 Å². The van der Waals surface area contributed by atoms with Gasteiger partial charge < -0.3 is 0 Å². The fraction of sp³-hybridized carbons (Fsp3) is 0.0345. The number of halogens is 1. The quantitative estimate of drug-likeness (QED) is 0.243. The Bertz CT molecular complexity index is 1450. The SMILES string of the molecule is Clc1ccc2ccc3c(c2c1)C1(c2ccccc2-c2ccccc21)c1ccccc1-3. The zero-order valence-corrected chi connectivity index (χ0v) is 16.9. The Morgan fingerprint density at radius 2 is 1.00 bits per heavy atom. The predicted molar refractivity (Wildman–Crippen MR) is 125 cm³/mol. The summed E-state index contributed by atoms with van der Waals surface area (Å²) in [7, 11) is 0. The summed E-state index contributed by atoms with van der Waals surface area (Å²) in [5.41, 5.74) is 10.4. The van der Waals surface area contributed by atoms with Crippen LogP contribution in [0.1, 0.15) is 22.3 Å². The maximum atomic E-state index is 6.53. The molecule has 0 heterocycles. The standard InChI is InChI=1S/C29H17Cl/c30-19-15-13-18-14-16-23-22-9-3-6-12-27(22)29(28(23)24(18)17-19)25-10-4-1-7-20(25)21-8-2-5-11-26(21)29/h1-17H. The summed E-state index contributed by atoms with van der Waals surface area (Å²) < 4.78 is 0. The summed E-state index contributed by atoms with van der Waals surface area (Å²) in [6.07, 6.45) is 0. The fourth-order valence-electron chi connectivity index (χ4n) is 5.89. The van der Waals surface area contributed by atoms with Crippen LogP contribution in [-0.4, -0.2) is 0 Å². The van der Waals surface area contributed by atoms with Crippen molar-refractivity contribution in [3.63, 3.8) is 0 Å². The molecule has 1 spiro atoms. The van der Waals surface area contributed by atoms with Crippen LogP contribution in [0.25, 0.3) is 33.0 Å². The van der Waals surface area contributed by atoms with Crippen molar-refractivity contribution in [3.05, 3.63) is 130 Å². The summed E-state index contributed by atoms with van der Waals surface area (Å²) in [5, 5.41) is 3.25. The van der Waals surface area contributed by atoms with Crippen LogP contribution in [0.5, 0.6) is 0 Å². The zero-order chi connectivity index (χ0) is 19.9. The molecule has 2 aliphatic carbocycles. The summed E-state index contributed by atoms with van der Waals surface area (Å²) in [6, 6.07) is 37.5. The van der Waals surface area contributed by atoms with Gasteiger partial charge in [0.25, 0.3) is 0 Å². The zero-order valence-electron chi connectivity index (χ0n) is 16.2. The van der Waals surface area contributed by atoms with Crippen molar-refractivity contribution in [2.45, 2.75) is 5.41 Å². The number of hydrogen-bond donors (Lipinski definition) is 0. The molecule has 30 heavy (non-hydrogen) atoms. The van der Waals surface area contributed by atoms with E-state index in [1.165, 1.54) is 55.3 Å². The largest absolute Gasteiger partial charge is 0.0843 e. The lowest BCUT2D eigenvalue weighted by atomic mass is 9.69. The van der Waals surface area contributed by atoms with Crippen molar-refractivity contribution in [2.75, 3.05) is 0 Å². The smallest absolute Gasteiger partial charge is 0.0731 e. The summed E-state index contributed by atoms with van der Waals surface area (Å²) in [6.45, 7) is 0. The molecular weight excluding hydrogens is 384 g/mol. The Kier molecular flexibility index (Phi) is 3.08. The Morgan fingerprint density at radius 3 is 1.60 bits per heavy atom. The van der Waals surface area contributed by atoms with Crippen LogP contribution in [0.4, 0.5) is 0 Å². The van der Waals surface area contributed by atoms with E-state index in [9.17, 15) is 0 Å². The molecule has 0 saturated carbocycles. The molecule has 1 heteroatoms. The van der Waals surface area contributed by atoms with Gasteiger partial charge in [-0.25, -0.2) is 0 Å². The van der Waals surface area contributed by atoms with Gasteiger partial charge in [-0.1, -0.05) is 103 Å². The van der Waals surface area contributed by atoms with E-state index < -0.39 is 0 Å². The Hall–Kier alpha value is -3.35. The van der Waals surface area contributed by atoms with Crippen LogP contribution in [0.2, 0.25) is 5.02 Å². The highest BCUT2D eigenvalue weighted by Gasteiger charge is 2.52. The number of benzene rings is 5. The average molecular weight is 401 g/mol. The Morgan fingerprint density at radius 1 is 0.500 bits per heavy atom. The molecular formula is C29H17Cl. The number of fused-ring (bicyclic) bond motifs is 12. The normalized spacial score (nSPS) is 14.4. The summed E-state index contributed by atoms with van der Waals surface area (Å²) in [4.78, 5) is 0. The van der Waals surface area contributed by atoms with Crippen LogP contribution in [0, 0.1) is 0 Å². The van der Waals surface area contributed by atoms with Crippen molar-refractivity contribution < 1.29 is 0 Å². The van der Waals surface area contributed by atoms with Gasteiger partial charge in [-0.3, -0.25) is 0 Å². The van der Waals surface area contributed by atoms with E-state index >= 15 is 0 Å². The molecule has 0 aliphatic heterocycles. The molecule has 0 amide bonds. The van der Waals surface area contributed by atoms with Gasteiger partial charge in [-0.05, 0) is 67.4 Å². The molecule has 0 N–H and O–H groups in total. The summed E-state index contributed by atoms with van der Waals surface area (Å²) >= 11 is 6.53. The van der Waals surface area contributed by atoms with E-state index in [2.05, 4.69) is 97.1 Å². The monoisotopic (exact) mass is 400 g/mol. The first-order valence-electron chi connectivity index (χ1n) is 10.3. The highest BCUT2D eigenvalue weighted by molar-refractivity contribution is 6.31. The van der Waals surface area contributed by atoms with Crippen LogP contribution >= 0.6 is 11.6 Å². The number of hydrogen-bond acceptors (Lipinski definition) is 0. The lowest BCUT2D eigenvalue weighted by Gasteiger charge is -2.31. The molecule has 5 aromatic rings. The van der Waals surface area contributed by atoms with E-state index in [0.29, 0.717) is 0 Å². The maximum Gasteiger partial charge on any atom is 0.0731 e. The summed E-state index contributed by atoms with van der Waals surface area (Å²) in [5.74, 6) is 0. The highest BCUT2D eigenvalue weighted by atomic mass is 35.5. The van der Waals surface area contributed by atoms with E-state index in [4.69, 9.17) is 11.6 Å². The van der Waals surface area contributed by atoms with Gasteiger partial charge in [0.15, 0.2) is 0 Å². The molecule has 7 rings (SSSR count). The van der Waals surface area contributed by atoms with Gasteiger partial charge in [0.05, 0.1) is 5.41 Å². The first kappa shape index (κ1) is 16.4. The van der Waals surface area contributed by atoms with Gasteiger partial charge in [0.2, 0.25) is 0 Å². The van der Waals surface area contributed by atoms with Crippen molar-refractivity contribution in [3.8, 4) is 22.3 Å². The Labute approximate surface area is 180 Å². The van der Waals surface area contributed by atoms with E-state index in [0.717, 1.165) is 5.02 Å². The molecule has 0 atom stereocenters. The average Bonchev–Trinajstić information content (AvgIpc) is 3.27. The molecule has 140 valence electrons. The van der Waals surface area contributed by atoms with Crippen molar-refractivity contribution in [1.82, 2.24) is 0 Å². The second-order valence-corrected chi connectivity index (χ2v) is 8.68. The minimum Gasteiger partial charge on any atom is -0.0843 e. The minimum atomic E-state index is -0.316. The van der Waals surface area contributed by atoms with E-state index in [-0.39, 0.29) is 5.41 Å². The van der Waals surface area contributed by atoms with Crippen LogP contribution in [0.15, 0.2) is 103 Å². The second kappa shape index (κ2) is 5.62. The lowest BCUT2D eigenvalue weighted by molar-refractivity contribution is 0.801. The van der Waals surface area contributed by atoms with Crippen LogP contribution in [0.3, 0.4) is 0 Å². The molecule has 0 nitrogen and oxygen atoms in total. The van der Waals surface area contributed by atoms with Gasteiger partial charge in [0.1, 0.15) is 0 Å². The molecule has 0 fully saturated rings. The predicted octanol–water partition coefficient (Wildman–Crippen LogP) is 7.84. The molecule has 0 radical (unpaired) electrons. The van der Waals surface area contributed by atoms with Crippen LogP contribution < -0.4 is 0 Å². The molecule has 2 aliphatic rings. The molecule has 0 bridgehead atoms. The van der Waals surface area contributed by atoms with E-state index in [1.807, 2.05) is 6.07 Å². The van der Waals surface area contributed by atoms with E-state index in [1.54, 1.807) is 0 Å². The Balaban J connectivity index is 1.78. The first-order chi connectivity index (χ1) is 14.8. The second-order valence-electron chi connectivity index (χ2n) is 8.24. The third-order valence-electron chi connectivity index (χ3n) is 6.93. The third-order valence-corrected chi connectivity index (χ3v) is 7.17. The molecule has 0 unspecified atom stereocenters. The first-order valence-corrected chi connectivity index (χ1v) is 10.7.